The molecule has 8 nitrogen and oxygen atoms in total. The quantitative estimate of drug-likeness (QED) is 0.614. The van der Waals surface area contributed by atoms with Crippen LogP contribution in [0.4, 0.5) is 5.69 Å². The van der Waals surface area contributed by atoms with E-state index in [4.69, 9.17) is 5.11 Å². The number of benzene rings is 1. The van der Waals surface area contributed by atoms with E-state index in [9.17, 15) is 23.3 Å². The number of nitro groups is 1. The molecule has 2 N–H and O–H groups in total. The average molecular weight is 356 g/mol. The van der Waals surface area contributed by atoms with Crippen molar-refractivity contribution >= 4 is 21.7 Å². The number of rotatable bonds is 5. The second kappa shape index (κ2) is 6.86. The van der Waals surface area contributed by atoms with E-state index < -0.39 is 26.8 Å². The Balaban J connectivity index is 2.23. The van der Waals surface area contributed by atoms with Gasteiger partial charge in [-0.05, 0) is 51.2 Å². The van der Waals surface area contributed by atoms with Gasteiger partial charge in [0.15, 0.2) is 0 Å². The highest BCUT2D eigenvalue weighted by atomic mass is 32.2. The standard InChI is InChI=1S/C15H20N2O6S/c1-9-7-13(17(20)21)10(2)14(8-9)24(22,23)16-12-5-3-11(4-6-12)15(18)19/h7-8,11-12,16H,3-6H2,1-2H3,(H,18,19). The van der Waals surface area contributed by atoms with Crippen LogP contribution in [0.2, 0.25) is 0 Å². The van der Waals surface area contributed by atoms with Crippen LogP contribution in [0.15, 0.2) is 17.0 Å². The van der Waals surface area contributed by atoms with E-state index in [0.29, 0.717) is 31.2 Å². The van der Waals surface area contributed by atoms with Gasteiger partial charge in [0, 0.05) is 17.7 Å². The summed E-state index contributed by atoms with van der Waals surface area (Å²) in [7, 11) is -3.91. The number of hydrogen-bond acceptors (Lipinski definition) is 5. The number of carbonyl (C=O) groups is 1. The van der Waals surface area contributed by atoms with Crippen LogP contribution in [0, 0.1) is 29.9 Å². The number of carboxylic acids is 1. The van der Waals surface area contributed by atoms with E-state index >= 15 is 0 Å². The number of hydrogen-bond donors (Lipinski definition) is 2. The molecule has 0 bridgehead atoms. The molecular formula is C15H20N2O6S. The van der Waals surface area contributed by atoms with Gasteiger partial charge in [-0.25, -0.2) is 13.1 Å². The molecule has 132 valence electrons. The first-order valence-corrected chi connectivity index (χ1v) is 9.11. The minimum atomic E-state index is -3.91. The first-order chi connectivity index (χ1) is 11.1. The van der Waals surface area contributed by atoms with Gasteiger partial charge in [0.05, 0.1) is 15.7 Å². The summed E-state index contributed by atoms with van der Waals surface area (Å²) in [4.78, 5) is 21.3. The number of nitrogens with one attached hydrogen (secondary N) is 1. The lowest BCUT2D eigenvalue weighted by Crippen LogP contribution is -2.39. The molecule has 1 saturated carbocycles. The normalized spacial score (nSPS) is 21.4. The average Bonchev–Trinajstić information content (AvgIpc) is 2.49. The smallest absolute Gasteiger partial charge is 0.306 e. The summed E-state index contributed by atoms with van der Waals surface area (Å²) in [6, 6.07) is 2.39. The van der Waals surface area contributed by atoms with Crippen molar-refractivity contribution in [3.8, 4) is 0 Å². The van der Waals surface area contributed by atoms with E-state index in [2.05, 4.69) is 4.72 Å². The molecule has 0 aliphatic heterocycles. The number of nitrogens with zero attached hydrogens (tertiary/aromatic N) is 1. The summed E-state index contributed by atoms with van der Waals surface area (Å²) >= 11 is 0. The largest absolute Gasteiger partial charge is 0.481 e. The fourth-order valence-electron chi connectivity index (χ4n) is 3.02. The monoisotopic (exact) mass is 356 g/mol. The van der Waals surface area contributed by atoms with Crippen LogP contribution in [-0.4, -0.2) is 30.5 Å². The summed E-state index contributed by atoms with van der Waals surface area (Å²) in [5.74, 6) is -1.30. The zero-order valence-corrected chi connectivity index (χ0v) is 14.3. The van der Waals surface area contributed by atoms with Gasteiger partial charge in [0.25, 0.3) is 5.69 Å². The molecule has 0 amide bonds. The minimum Gasteiger partial charge on any atom is -0.481 e. The summed E-state index contributed by atoms with van der Waals surface area (Å²) in [6.07, 6.45) is 1.69. The highest BCUT2D eigenvalue weighted by Crippen LogP contribution is 2.29. The van der Waals surface area contributed by atoms with Gasteiger partial charge in [-0.1, -0.05) is 0 Å². The molecular weight excluding hydrogens is 336 g/mol. The predicted molar refractivity (Wildman–Crippen MR) is 86.3 cm³/mol. The number of aliphatic carboxylic acids is 1. The number of aryl methyl sites for hydroxylation is 1. The van der Waals surface area contributed by atoms with Crippen molar-refractivity contribution in [2.24, 2.45) is 5.92 Å². The minimum absolute atomic E-state index is 0.0947. The molecule has 0 spiro atoms. The van der Waals surface area contributed by atoms with Gasteiger partial charge in [-0.15, -0.1) is 0 Å². The molecule has 0 aromatic heterocycles. The fourth-order valence-corrected chi connectivity index (χ4v) is 4.67. The van der Waals surface area contributed by atoms with E-state index in [1.807, 2.05) is 0 Å². The number of carboxylic acid groups (broad SMARTS) is 1. The lowest BCUT2D eigenvalue weighted by Gasteiger charge is -2.26. The molecule has 2 rings (SSSR count). The first-order valence-electron chi connectivity index (χ1n) is 7.62. The van der Waals surface area contributed by atoms with E-state index in [1.165, 1.54) is 19.1 Å². The highest BCUT2D eigenvalue weighted by molar-refractivity contribution is 7.89. The molecule has 0 radical (unpaired) electrons. The second-order valence-electron chi connectivity index (χ2n) is 6.17. The number of nitro benzene ring substituents is 1. The molecule has 1 aromatic carbocycles. The molecule has 9 heteroatoms. The van der Waals surface area contributed by atoms with Crippen LogP contribution >= 0.6 is 0 Å². The molecule has 1 aliphatic rings. The maximum absolute atomic E-state index is 12.6. The molecule has 0 saturated heterocycles. The maximum atomic E-state index is 12.6. The molecule has 1 aromatic rings. The Morgan fingerprint density at radius 2 is 1.83 bits per heavy atom. The third-order valence-corrected chi connectivity index (χ3v) is 6.01. The predicted octanol–water partition coefficient (Wildman–Crippen LogP) is 2.13. The number of sulfonamides is 1. The van der Waals surface area contributed by atoms with Crippen LogP contribution in [-0.2, 0) is 14.8 Å². The highest BCUT2D eigenvalue weighted by Gasteiger charge is 2.30. The van der Waals surface area contributed by atoms with Crippen molar-refractivity contribution in [3.63, 3.8) is 0 Å². The van der Waals surface area contributed by atoms with Gasteiger partial charge < -0.3 is 5.11 Å². The SMILES string of the molecule is Cc1cc([N+](=O)[O-])c(C)c(S(=O)(=O)NC2CCC(C(=O)O)CC2)c1. The van der Waals surface area contributed by atoms with Crippen LogP contribution in [0.5, 0.6) is 0 Å². The molecule has 0 atom stereocenters. The van der Waals surface area contributed by atoms with Crippen molar-refractivity contribution < 1.29 is 23.2 Å². The van der Waals surface area contributed by atoms with Crippen LogP contribution in [0.25, 0.3) is 0 Å². The molecule has 0 heterocycles. The Hall–Kier alpha value is -2.00. The maximum Gasteiger partial charge on any atom is 0.306 e. The fraction of sp³-hybridized carbons (Fsp3) is 0.533. The van der Waals surface area contributed by atoms with Crippen LogP contribution in [0.1, 0.15) is 36.8 Å². The Morgan fingerprint density at radius 3 is 2.33 bits per heavy atom. The molecule has 24 heavy (non-hydrogen) atoms. The lowest BCUT2D eigenvalue weighted by molar-refractivity contribution is -0.385. The summed E-state index contributed by atoms with van der Waals surface area (Å²) in [5.41, 5.74) is 0.351. The van der Waals surface area contributed by atoms with E-state index in [1.54, 1.807) is 6.92 Å². The molecule has 0 unspecified atom stereocenters. The Kier molecular flexibility index (Phi) is 5.24. The summed E-state index contributed by atoms with van der Waals surface area (Å²) < 4.78 is 27.8. The third kappa shape index (κ3) is 3.90. The van der Waals surface area contributed by atoms with Gasteiger partial charge in [-0.2, -0.15) is 0 Å². The lowest BCUT2D eigenvalue weighted by atomic mass is 9.87. The first kappa shape index (κ1) is 18.3. The molecule has 1 fully saturated rings. The van der Waals surface area contributed by atoms with E-state index in [0.717, 1.165) is 0 Å². The zero-order valence-electron chi connectivity index (χ0n) is 13.5. The van der Waals surface area contributed by atoms with Crippen LogP contribution in [0.3, 0.4) is 0 Å². The van der Waals surface area contributed by atoms with Gasteiger partial charge in [-0.3, -0.25) is 14.9 Å². The van der Waals surface area contributed by atoms with Crippen LogP contribution < -0.4 is 4.72 Å². The van der Waals surface area contributed by atoms with Crippen molar-refractivity contribution in [1.82, 2.24) is 4.72 Å². The summed E-state index contributed by atoms with van der Waals surface area (Å²) in [5, 5.41) is 20.1. The Labute approximate surface area is 140 Å². The van der Waals surface area contributed by atoms with E-state index in [-0.39, 0.29) is 22.2 Å². The van der Waals surface area contributed by atoms with Crippen molar-refractivity contribution in [2.45, 2.75) is 50.5 Å². The Morgan fingerprint density at radius 1 is 1.25 bits per heavy atom. The topological polar surface area (TPSA) is 127 Å². The van der Waals surface area contributed by atoms with Gasteiger partial charge in [0.2, 0.25) is 10.0 Å². The van der Waals surface area contributed by atoms with Gasteiger partial charge in [0.1, 0.15) is 0 Å². The summed E-state index contributed by atoms with van der Waals surface area (Å²) in [6.45, 7) is 3.01. The Bertz CT molecular complexity index is 766. The van der Waals surface area contributed by atoms with Crippen molar-refractivity contribution in [3.05, 3.63) is 33.4 Å². The van der Waals surface area contributed by atoms with Gasteiger partial charge >= 0.3 is 5.97 Å². The third-order valence-electron chi connectivity index (χ3n) is 4.36. The molecule has 1 aliphatic carbocycles. The zero-order chi connectivity index (χ0) is 18.1. The van der Waals surface area contributed by atoms with Crippen molar-refractivity contribution in [2.75, 3.05) is 0 Å². The van der Waals surface area contributed by atoms with Crippen molar-refractivity contribution in [1.29, 1.82) is 0 Å². The second-order valence-corrected chi connectivity index (χ2v) is 7.85.